The highest BCUT2D eigenvalue weighted by Gasteiger charge is 2.19. The molecule has 0 amide bonds. The van der Waals surface area contributed by atoms with E-state index in [1.54, 1.807) is 7.11 Å². The summed E-state index contributed by atoms with van der Waals surface area (Å²) >= 11 is 0. The van der Waals surface area contributed by atoms with Crippen LogP contribution in [0.2, 0.25) is 0 Å². The Hall–Kier alpha value is -1.22. The lowest BCUT2D eigenvalue weighted by Gasteiger charge is -2.23. The van der Waals surface area contributed by atoms with Crippen molar-refractivity contribution in [3.05, 3.63) is 23.3 Å². The first-order valence-corrected chi connectivity index (χ1v) is 5.78. The Morgan fingerprint density at radius 2 is 1.88 bits per heavy atom. The van der Waals surface area contributed by atoms with Crippen molar-refractivity contribution in [2.45, 2.75) is 27.7 Å². The normalized spacial score (nSPS) is 11.4. The first kappa shape index (κ1) is 13.8. The van der Waals surface area contributed by atoms with Gasteiger partial charge in [-0.3, -0.25) is 0 Å². The topological polar surface area (TPSA) is 38.7 Å². The Balaban J connectivity index is 2.90. The summed E-state index contributed by atoms with van der Waals surface area (Å²) in [5, 5.41) is 9.20. The van der Waals surface area contributed by atoms with E-state index in [2.05, 4.69) is 6.07 Å². The van der Waals surface area contributed by atoms with E-state index in [4.69, 9.17) is 9.47 Å². The summed E-state index contributed by atoms with van der Waals surface area (Å²) in [4.78, 5) is 0. The van der Waals surface area contributed by atoms with Crippen LogP contribution < -0.4 is 9.47 Å². The molecule has 0 bridgehead atoms. The molecule has 0 unspecified atom stereocenters. The molecular weight excluding hydrogens is 216 g/mol. The number of rotatable bonds is 5. The standard InChI is InChI=1S/C14H22O3/c1-10-6-11(2)13(12(7-10)16-5)17-9-14(3,4)8-15/h6-7,15H,8-9H2,1-5H3. The van der Waals surface area contributed by atoms with Crippen LogP contribution in [-0.2, 0) is 0 Å². The number of methoxy groups -OCH3 is 1. The highest BCUT2D eigenvalue weighted by atomic mass is 16.5. The summed E-state index contributed by atoms with van der Waals surface area (Å²) in [5.41, 5.74) is 1.95. The molecule has 0 atom stereocenters. The molecule has 0 saturated carbocycles. The maximum absolute atomic E-state index is 9.20. The average Bonchev–Trinajstić information content (AvgIpc) is 2.26. The van der Waals surface area contributed by atoms with Crippen molar-refractivity contribution in [2.75, 3.05) is 20.3 Å². The molecule has 0 aliphatic rings. The van der Waals surface area contributed by atoms with Crippen molar-refractivity contribution in [3.63, 3.8) is 0 Å². The summed E-state index contributed by atoms with van der Waals surface area (Å²) in [6.45, 7) is 8.50. The Kier molecular flexibility index (Phi) is 4.40. The first-order valence-electron chi connectivity index (χ1n) is 5.78. The maximum atomic E-state index is 9.20. The van der Waals surface area contributed by atoms with Gasteiger partial charge in [0.2, 0.25) is 0 Å². The van der Waals surface area contributed by atoms with Crippen LogP contribution in [0.5, 0.6) is 11.5 Å². The van der Waals surface area contributed by atoms with Crippen molar-refractivity contribution < 1.29 is 14.6 Å². The van der Waals surface area contributed by atoms with Crippen LogP contribution in [0.4, 0.5) is 0 Å². The monoisotopic (exact) mass is 238 g/mol. The van der Waals surface area contributed by atoms with E-state index in [9.17, 15) is 5.11 Å². The average molecular weight is 238 g/mol. The molecule has 0 radical (unpaired) electrons. The summed E-state index contributed by atoms with van der Waals surface area (Å²) in [5.74, 6) is 1.51. The summed E-state index contributed by atoms with van der Waals surface area (Å²) in [6, 6.07) is 4.01. The van der Waals surface area contributed by atoms with E-state index < -0.39 is 0 Å². The van der Waals surface area contributed by atoms with Crippen LogP contribution in [0.15, 0.2) is 12.1 Å². The van der Waals surface area contributed by atoms with Crippen LogP contribution in [0.3, 0.4) is 0 Å². The fourth-order valence-corrected chi connectivity index (χ4v) is 1.57. The van der Waals surface area contributed by atoms with Crippen LogP contribution in [-0.4, -0.2) is 25.4 Å². The van der Waals surface area contributed by atoms with Crippen LogP contribution in [0.25, 0.3) is 0 Å². The van der Waals surface area contributed by atoms with Crippen LogP contribution in [0, 0.1) is 19.3 Å². The quantitative estimate of drug-likeness (QED) is 0.857. The van der Waals surface area contributed by atoms with Gasteiger partial charge in [-0.25, -0.2) is 0 Å². The third kappa shape index (κ3) is 3.63. The molecule has 0 aliphatic carbocycles. The summed E-state index contributed by atoms with van der Waals surface area (Å²) < 4.78 is 11.1. The zero-order chi connectivity index (χ0) is 13.1. The zero-order valence-corrected chi connectivity index (χ0v) is 11.3. The molecule has 1 rings (SSSR count). The second kappa shape index (κ2) is 5.41. The molecular formula is C14H22O3. The van der Waals surface area contributed by atoms with Gasteiger partial charge in [0, 0.05) is 5.41 Å². The third-order valence-electron chi connectivity index (χ3n) is 2.64. The lowest BCUT2D eigenvalue weighted by Crippen LogP contribution is -2.25. The van der Waals surface area contributed by atoms with Gasteiger partial charge in [-0.15, -0.1) is 0 Å². The molecule has 0 fully saturated rings. The molecule has 1 aromatic carbocycles. The molecule has 0 aromatic heterocycles. The molecule has 3 nitrogen and oxygen atoms in total. The minimum Gasteiger partial charge on any atom is -0.493 e. The van der Waals surface area contributed by atoms with Gasteiger partial charge >= 0.3 is 0 Å². The van der Waals surface area contributed by atoms with Gasteiger partial charge in [-0.1, -0.05) is 19.9 Å². The van der Waals surface area contributed by atoms with Gasteiger partial charge < -0.3 is 14.6 Å². The van der Waals surface area contributed by atoms with Crippen LogP contribution in [0.1, 0.15) is 25.0 Å². The number of hydrogen-bond donors (Lipinski definition) is 1. The molecule has 0 spiro atoms. The fraction of sp³-hybridized carbons (Fsp3) is 0.571. The smallest absolute Gasteiger partial charge is 0.164 e. The van der Waals surface area contributed by atoms with Gasteiger partial charge in [-0.2, -0.15) is 0 Å². The molecule has 0 saturated heterocycles. The Morgan fingerprint density at radius 1 is 1.24 bits per heavy atom. The van der Waals surface area contributed by atoms with Crippen molar-refractivity contribution >= 4 is 0 Å². The Morgan fingerprint density at radius 3 is 2.41 bits per heavy atom. The molecule has 3 heteroatoms. The maximum Gasteiger partial charge on any atom is 0.164 e. The van der Waals surface area contributed by atoms with Gasteiger partial charge in [0.05, 0.1) is 20.3 Å². The minimum absolute atomic E-state index is 0.0974. The van der Waals surface area contributed by atoms with E-state index in [0.29, 0.717) is 6.61 Å². The highest BCUT2D eigenvalue weighted by Crippen LogP contribution is 2.33. The van der Waals surface area contributed by atoms with E-state index in [0.717, 1.165) is 22.6 Å². The lowest BCUT2D eigenvalue weighted by molar-refractivity contribution is 0.0955. The largest absolute Gasteiger partial charge is 0.493 e. The fourth-order valence-electron chi connectivity index (χ4n) is 1.57. The van der Waals surface area contributed by atoms with E-state index in [1.807, 2.05) is 33.8 Å². The molecule has 1 N–H and O–H groups in total. The highest BCUT2D eigenvalue weighted by molar-refractivity contribution is 5.48. The van der Waals surface area contributed by atoms with E-state index >= 15 is 0 Å². The van der Waals surface area contributed by atoms with Gasteiger partial charge in [0.25, 0.3) is 0 Å². The number of aryl methyl sites for hydroxylation is 2. The number of ether oxygens (including phenoxy) is 2. The second-order valence-electron chi connectivity index (χ2n) is 5.22. The Bertz CT molecular complexity index is 383. The number of hydrogen-bond acceptors (Lipinski definition) is 3. The van der Waals surface area contributed by atoms with Crippen molar-refractivity contribution in [2.24, 2.45) is 5.41 Å². The minimum atomic E-state index is -0.248. The Labute approximate surface area is 103 Å². The number of aliphatic hydroxyl groups is 1. The molecule has 1 aromatic rings. The van der Waals surface area contributed by atoms with Gasteiger partial charge in [0.1, 0.15) is 0 Å². The zero-order valence-electron chi connectivity index (χ0n) is 11.3. The predicted molar refractivity (Wildman–Crippen MR) is 68.8 cm³/mol. The first-order chi connectivity index (χ1) is 7.89. The van der Waals surface area contributed by atoms with E-state index in [1.165, 1.54) is 0 Å². The summed E-state index contributed by atoms with van der Waals surface area (Å²) in [7, 11) is 1.64. The molecule has 96 valence electrons. The molecule has 0 heterocycles. The van der Waals surface area contributed by atoms with Crippen molar-refractivity contribution in [1.82, 2.24) is 0 Å². The third-order valence-corrected chi connectivity index (χ3v) is 2.64. The van der Waals surface area contributed by atoms with Crippen LogP contribution >= 0.6 is 0 Å². The van der Waals surface area contributed by atoms with E-state index in [-0.39, 0.29) is 12.0 Å². The molecule has 17 heavy (non-hydrogen) atoms. The molecule has 0 aliphatic heterocycles. The SMILES string of the molecule is COc1cc(C)cc(C)c1OCC(C)(C)CO. The number of aliphatic hydroxyl groups excluding tert-OH is 1. The van der Waals surface area contributed by atoms with Crippen molar-refractivity contribution in [3.8, 4) is 11.5 Å². The summed E-state index contributed by atoms with van der Waals surface area (Å²) in [6.07, 6.45) is 0. The lowest BCUT2D eigenvalue weighted by atomic mass is 9.96. The van der Waals surface area contributed by atoms with Gasteiger partial charge in [0.15, 0.2) is 11.5 Å². The second-order valence-corrected chi connectivity index (χ2v) is 5.22. The number of benzene rings is 1. The van der Waals surface area contributed by atoms with Crippen molar-refractivity contribution in [1.29, 1.82) is 0 Å². The van der Waals surface area contributed by atoms with Gasteiger partial charge in [-0.05, 0) is 31.0 Å². The predicted octanol–water partition coefficient (Wildman–Crippen LogP) is 2.71.